The van der Waals surface area contributed by atoms with Crippen molar-refractivity contribution >= 4 is 35.0 Å². The second-order valence-electron chi connectivity index (χ2n) is 8.49. The van der Waals surface area contributed by atoms with E-state index in [9.17, 15) is 19.5 Å². The number of carbonyl (C=O) groups is 3. The molecule has 2 aliphatic rings. The van der Waals surface area contributed by atoms with Crippen LogP contribution in [0.1, 0.15) is 37.9 Å². The number of piperazine rings is 1. The van der Waals surface area contributed by atoms with Crippen LogP contribution in [0.25, 0.3) is 0 Å². The number of aromatic nitrogens is 1. The van der Waals surface area contributed by atoms with Crippen molar-refractivity contribution < 1.29 is 19.5 Å². The van der Waals surface area contributed by atoms with Gasteiger partial charge < -0.3 is 14.9 Å². The van der Waals surface area contributed by atoms with Crippen LogP contribution in [0.3, 0.4) is 0 Å². The molecule has 0 bridgehead atoms. The maximum atomic E-state index is 13.3. The molecule has 35 heavy (non-hydrogen) atoms. The highest BCUT2D eigenvalue weighted by Crippen LogP contribution is 2.33. The van der Waals surface area contributed by atoms with Gasteiger partial charge >= 0.3 is 0 Å². The van der Waals surface area contributed by atoms with E-state index in [4.69, 9.17) is 11.6 Å². The van der Waals surface area contributed by atoms with E-state index in [1.165, 1.54) is 4.90 Å². The Hall–Kier alpha value is -3.75. The number of aliphatic hydroxyl groups is 1. The zero-order valence-electron chi connectivity index (χ0n) is 18.8. The number of hydrogen-bond acceptors (Lipinski definition) is 6. The molecule has 1 unspecified atom stereocenters. The Kier molecular flexibility index (Phi) is 6.23. The number of nitrogens with zero attached hydrogens (tertiary/aromatic N) is 4. The quantitative estimate of drug-likeness (QED) is 0.553. The third kappa shape index (κ3) is 4.26. The molecule has 1 atom stereocenters. The molecule has 3 heterocycles. The summed E-state index contributed by atoms with van der Waals surface area (Å²) in [5.41, 5.74) is 2.65. The van der Waals surface area contributed by atoms with Crippen molar-refractivity contribution in [2.75, 3.05) is 31.1 Å². The number of pyridine rings is 1. The topological polar surface area (TPSA) is 94.1 Å². The lowest BCUT2D eigenvalue weighted by atomic mass is 10.1. The summed E-state index contributed by atoms with van der Waals surface area (Å²) < 4.78 is 0. The third-order valence-electron chi connectivity index (χ3n) is 6.43. The molecule has 1 fully saturated rings. The van der Waals surface area contributed by atoms with Gasteiger partial charge in [-0.05, 0) is 35.9 Å². The van der Waals surface area contributed by atoms with E-state index in [1.807, 2.05) is 11.0 Å². The Labute approximate surface area is 207 Å². The molecule has 2 aromatic carbocycles. The summed E-state index contributed by atoms with van der Waals surface area (Å²) in [6.45, 7) is 1.84. The number of imide groups is 1. The van der Waals surface area contributed by atoms with Gasteiger partial charge in [-0.15, -0.1) is 0 Å². The summed E-state index contributed by atoms with van der Waals surface area (Å²) in [5, 5.41) is 10.9. The van der Waals surface area contributed by atoms with Crippen LogP contribution in [0.15, 0.2) is 67.0 Å². The summed E-state index contributed by atoms with van der Waals surface area (Å²) in [7, 11) is 0. The highest BCUT2D eigenvalue weighted by Gasteiger charge is 2.39. The van der Waals surface area contributed by atoms with Crippen molar-refractivity contribution in [2.24, 2.45) is 0 Å². The minimum absolute atomic E-state index is 0.177. The fraction of sp³-hybridized carbons (Fsp3) is 0.231. The maximum Gasteiger partial charge on any atom is 0.263 e. The second kappa shape index (κ2) is 9.48. The van der Waals surface area contributed by atoms with Gasteiger partial charge in [0.1, 0.15) is 0 Å². The normalized spacial score (nSPS) is 16.5. The van der Waals surface area contributed by atoms with Crippen LogP contribution in [0.5, 0.6) is 0 Å². The summed E-state index contributed by atoms with van der Waals surface area (Å²) in [6, 6.07) is 15.6. The van der Waals surface area contributed by atoms with Crippen molar-refractivity contribution in [2.45, 2.75) is 12.6 Å². The summed E-state index contributed by atoms with van der Waals surface area (Å²) in [5.74, 6) is -1.06. The molecule has 3 aromatic rings. The van der Waals surface area contributed by atoms with E-state index in [1.54, 1.807) is 65.8 Å². The highest BCUT2D eigenvalue weighted by atomic mass is 35.5. The summed E-state index contributed by atoms with van der Waals surface area (Å²) >= 11 is 6.14. The van der Waals surface area contributed by atoms with Crippen LogP contribution < -0.4 is 4.90 Å². The number of halogens is 1. The number of carbonyl (C=O) groups excluding carboxylic acids is 3. The molecule has 0 radical (unpaired) electrons. The number of amides is 3. The van der Waals surface area contributed by atoms with E-state index >= 15 is 0 Å². The largest absolute Gasteiger partial charge is 0.378 e. The Morgan fingerprint density at radius 1 is 0.943 bits per heavy atom. The third-order valence-corrected chi connectivity index (χ3v) is 6.78. The molecular weight excluding hydrogens is 468 g/mol. The van der Waals surface area contributed by atoms with Crippen LogP contribution in [-0.4, -0.2) is 63.8 Å². The van der Waals surface area contributed by atoms with Gasteiger partial charge in [0.05, 0.1) is 23.4 Å². The first-order chi connectivity index (χ1) is 17.0. The summed E-state index contributed by atoms with van der Waals surface area (Å²) in [6.07, 6.45) is 1.92. The van der Waals surface area contributed by atoms with Crippen molar-refractivity contribution in [1.29, 1.82) is 0 Å². The number of aliphatic hydroxyl groups excluding tert-OH is 1. The molecule has 5 rings (SSSR count). The van der Waals surface area contributed by atoms with Gasteiger partial charge in [-0.2, -0.15) is 0 Å². The monoisotopic (exact) mass is 490 g/mol. The van der Waals surface area contributed by atoms with Gasteiger partial charge in [0.25, 0.3) is 17.7 Å². The van der Waals surface area contributed by atoms with E-state index in [0.717, 1.165) is 5.56 Å². The van der Waals surface area contributed by atoms with Gasteiger partial charge in [0.2, 0.25) is 0 Å². The lowest BCUT2D eigenvalue weighted by Crippen LogP contribution is -2.50. The van der Waals surface area contributed by atoms with Crippen molar-refractivity contribution in [3.05, 3.63) is 94.3 Å². The molecule has 0 saturated carbocycles. The molecule has 1 N–H and O–H groups in total. The minimum Gasteiger partial charge on any atom is -0.378 e. The van der Waals surface area contributed by atoms with Gasteiger partial charge in [0, 0.05) is 49.2 Å². The van der Waals surface area contributed by atoms with Crippen LogP contribution >= 0.6 is 11.6 Å². The molecule has 0 spiro atoms. The number of anilines is 1. The smallest absolute Gasteiger partial charge is 0.263 e. The average molecular weight is 491 g/mol. The first-order valence-electron chi connectivity index (χ1n) is 11.3. The average Bonchev–Trinajstić information content (AvgIpc) is 3.14. The Bertz CT molecular complexity index is 1290. The molecule has 9 heteroatoms. The SMILES string of the molecule is O=C(C(O)c1ccccc1Cl)N1CCN(c2cccc3c2C(=O)N(Cc2ccncc2)C3=O)CC1. The Morgan fingerprint density at radius 2 is 1.66 bits per heavy atom. The first kappa shape index (κ1) is 23.0. The van der Waals surface area contributed by atoms with Crippen LogP contribution in [0.2, 0.25) is 5.02 Å². The highest BCUT2D eigenvalue weighted by molar-refractivity contribution is 6.31. The lowest BCUT2D eigenvalue weighted by molar-refractivity contribution is -0.140. The van der Waals surface area contributed by atoms with Gasteiger partial charge in [0.15, 0.2) is 6.10 Å². The Balaban J connectivity index is 1.31. The molecular formula is C26H23ClN4O4. The van der Waals surface area contributed by atoms with Crippen molar-refractivity contribution in [3.8, 4) is 0 Å². The van der Waals surface area contributed by atoms with E-state index in [-0.39, 0.29) is 18.4 Å². The Morgan fingerprint density at radius 3 is 2.37 bits per heavy atom. The van der Waals surface area contributed by atoms with E-state index in [0.29, 0.717) is 53.6 Å². The molecule has 0 aliphatic carbocycles. The number of fused-ring (bicyclic) bond motifs is 1. The predicted molar refractivity (Wildman–Crippen MR) is 130 cm³/mol. The van der Waals surface area contributed by atoms with Crippen LogP contribution in [0.4, 0.5) is 5.69 Å². The lowest BCUT2D eigenvalue weighted by Gasteiger charge is -2.37. The van der Waals surface area contributed by atoms with Gasteiger partial charge in [-0.25, -0.2) is 0 Å². The number of benzene rings is 2. The fourth-order valence-electron chi connectivity index (χ4n) is 4.56. The molecule has 3 amide bonds. The number of hydrogen-bond donors (Lipinski definition) is 1. The van der Waals surface area contributed by atoms with Gasteiger partial charge in [-0.3, -0.25) is 24.3 Å². The number of rotatable bonds is 5. The standard InChI is InChI=1S/C26H23ClN4O4/c27-20-6-2-1-4-18(20)23(32)26(35)30-14-12-29(13-15-30)21-7-3-5-19-22(21)25(34)31(24(19)33)16-17-8-10-28-11-9-17/h1-11,23,32H,12-16H2. The molecule has 178 valence electrons. The minimum atomic E-state index is -1.34. The molecule has 8 nitrogen and oxygen atoms in total. The van der Waals surface area contributed by atoms with Crippen molar-refractivity contribution in [3.63, 3.8) is 0 Å². The fourth-order valence-corrected chi connectivity index (χ4v) is 4.80. The zero-order chi connectivity index (χ0) is 24.5. The van der Waals surface area contributed by atoms with E-state index < -0.39 is 12.0 Å². The van der Waals surface area contributed by atoms with Crippen LogP contribution in [0, 0.1) is 0 Å². The molecule has 1 aromatic heterocycles. The first-order valence-corrected chi connectivity index (χ1v) is 11.7. The van der Waals surface area contributed by atoms with Crippen molar-refractivity contribution in [1.82, 2.24) is 14.8 Å². The van der Waals surface area contributed by atoms with Gasteiger partial charge in [-0.1, -0.05) is 35.9 Å². The predicted octanol–water partition coefficient (Wildman–Crippen LogP) is 2.91. The molecule has 2 aliphatic heterocycles. The molecule has 1 saturated heterocycles. The summed E-state index contributed by atoms with van der Waals surface area (Å²) in [4.78, 5) is 48.0. The zero-order valence-corrected chi connectivity index (χ0v) is 19.6. The van der Waals surface area contributed by atoms with E-state index in [2.05, 4.69) is 4.98 Å². The second-order valence-corrected chi connectivity index (χ2v) is 8.90. The van der Waals surface area contributed by atoms with Crippen LogP contribution in [-0.2, 0) is 11.3 Å². The maximum absolute atomic E-state index is 13.3.